The molecule has 0 aliphatic carbocycles. The van der Waals surface area contributed by atoms with Crippen molar-refractivity contribution in [3.05, 3.63) is 48.5 Å². The topological polar surface area (TPSA) is 409 Å². The predicted molar refractivity (Wildman–Crippen MR) is 217 cm³/mol. The summed E-state index contributed by atoms with van der Waals surface area (Å²) in [4.78, 5) is 8.57. The maximum absolute atomic E-state index is 12.8. The fourth-order valence-electron chi connectivity index (χ4n) is 4.68. The first-order chi connectivity index (χ1) is 28.4. The highest BCUT2D eigenvalue weighted by Crippen LogP contribution is 2.49. The molecule has 61 heavy (non-hydrogen) atoms. The van der Waals surface area contributed by atoms with Gasteiger partial charge in [-0.15, -0.1) is 29.1 Å². The molecule has 1 unspecified atom stereocenters. The fourth-order valence-corrected chi connectivity index (χ4v) is 9.07. The minimum absolute atomic E-state index is 0.0343. The van der Waals surface area contributed by atoms with Gasteiger partial charge >= 0.3 is 10.4 Å². The van der Waals surface area contributed by atoms with Crippen molar-refractivity contribution in [2.75, 3.05) is 28.7 Å². The zero-order chi connectivity index (χ0) is 45.5. The Kier molecular flexibility index (Phi) is 17.1. The van der Waals surface area contributed by atoms with Crippen molar-refractivity contribution in [2.45, 2.75) is 29.3 Å². The lowest BCUT2D eigenvalue weighted by Gasteiger charge is -2.14. The first kappa shape index (κ1) is 50.1. The molecule has 0 fully saturated rings. The van der Waals surface area contributed by atoms with Crippen LogP contribution in [0.15, 0.2) is 93.5 Å². The number of benzene rings is 4. The summed E-state index contributed by atoms with van der Waals surface area (Å²) in [6.45, 7) is -0.981. The Bertz CT molecular complexity index is 2850. The third-order valence-electron chi connectivity index (χ3n) is 7.21. The molecule has 0 aliphatic heterocycles. The number of nitrogen functional groups attached to an aromatic ring is 1. The number of nitrogens with zero attached hydrogens (tertiary/aromatic N) is 4. The van der Waals surface area contributed by atoms with Gasteiger partial charge in [0.1, 0.15) is 37.4 Å². The first-order valence-electron chi connectivity index (χ1n) is 15.3. The molecule has 332 valence electrons. The number of azo groups is 2. The minimum atomic E-state index is -5.35. The second kappa shape index (κ2) is 20.8. The molecule has 0 saturated heterocycles. The molecule has 1 amide bonds. The van der Waals surface area contributed by atoms with Gasteiger partial charge in [0.2, 0.25) is 5.91 Å². The second-order valence-corrected chi connectivity index (χ2v) is 20.3. The molecule has 0 spiro atoms. The van der Waals surface area contributed by atoms with Crippen LogP contribution in [0.1, 0.15) is 0 Å². The maximum Gasteiger partial charge on any atom is 0.397 e. The van der Waals surface area contributed by atoms with Crippen molar-refractivity contribution in [1.29, 1.82) is 0 Å². The van der Waals surface area contributed by atoms with E-state index in [1.807, 2.05) is 0 Å². The number of hydrogen-bond acceptors (Lipinski definition) is 24. The van der Waals surface area contributed by atoms with Crippen molar-refractivity contribution in [2.24, 2.45) is 20.5 Å². The van der Waals surface area contributed by atoms with E-state index in [0.717, 1.165) is 48.5 Å². The van der Waals surface area contributed by atoms with Gasteiger partial charge in [-0.3, -0.25) is 18.5 Å². The van der Waals surface area contributed by atoms with E-state index in [2.05, 4.69) is 80.6 Å². The van der Waals surface area contributed by atoms with Crippen molar-refractivity contribution < 1.29 is 90.7 Å². The lowest BCUT2D eigenvalue weighted by molar-refractivity contribution is -0.432. The molecule has 0 radical (unpaired) electrons. The zero-order valence-electron chi connectivity index (χ0n) is 29.3. The molecule has 0 aliphatic rings. The van der Waals surface area contributed by atoms with Crippen LogP contribution in [0.4, 0.5) is 34.1 Å². The number of carbonyl (C=O) groups is 1. The Balaban J connectivity index is 1.92. The quantitative estimate of drug-likeness (QED) is 0.00956. The Hall–Kier alpha value is -3.53. The molecular formula is C27H24Br2N6O20S6. The third-order valence-corrected chi connectivity index (χ3v) is 14.7. The smallest absolute Gasteiger partial charge is 0.397 e. The average Bonchev–Trinajstić information content (AvgIpc) is 3.16. The van der Waals surface area contributed by atoms with Crippen LogP contribution in [-0.2, 0) is 68.2 Å². The second-order valence-electron chi connectivity index (χ2n) is 11.1. The van der Waals surface area contributed by atoms with Crippen molar-refractivity contribution in [1.82, 2.24) is 0 Å². The van der Waals surface area contributed by atoms with E-state index in [0.29, 0.717) is 0 Å². The Morgan fingerprint density at radius 2 is 1.41 bits per heavy atom. The summed E-state index contributed by atoms with van der Waals surface area (Å²) in [7, 11) is -19.7. The van der Waals surface area contributed by atoms with Crippen LogP contribution in [0.3, 0.4) is 0 Å². The lowest BCUT2D eigenvalue weighted by atomic mass is 10.1. The van der Waals surface area contributed by atoms with E-state index in [9.17, 15) is 52.7 Å². The van der Waals surface area contributed by atoms with E-state index >= 15 is 0 Å². The number of nitrogens with two attached hydrogens (primary N) is 1. The van der Waals surface area contributed by atoms with Gasteiger partial charge in [0.15, 0.2) is 15.6 Å². The van der Waals surface area contributed by atoms with Crippen molar-refractivity contribution in [3.63, 3.8) is 0 Å². The summed E-state index contributed by atoms with van der Waals surface area (Å²) < 4.78 is 139. The van der Waals surface area contributed by atoms with Crippen LogP contribution in [0.25, 0.3) is 10.8 Å². The predicted octanol–water partition coefficient (Wildman–Crippen LogP) is 6.00. The largest absolute Gasteiger partial charge is 0.505 e. The van der Waals surface area contributed by atoms with Gasteiger partial charge in [-0.05, 0) is 48.5 Å². The molecule has 26 nitrogen and oxygen atoms in total. The number of amides is 1. The normalized spacial score (nSPS) is 13.4. The number of hydrogen-bond donors (Lipinski definition) is 8. The average molecular weight is 1100 g/mol. The third kappa shape index (κ3) is 13.2. The van der Waals surface area contributed by atoms with Gasteiger partial charge in [-0.1, -0.05) is 41.9 Å². The number of rotatable bonds is 20. The highest BCUT2D eigenvalue weighted by Gasteiger charge is 2.27. The number of anilines is 2. The summed E-state index contributed by atoms with van der Waals surface area (Å²) in [5.41, 5.74) is 3.11. The molecule has 1 atom stereocenters. The molecule has 0 aromatic heterocycles. The fraction of sp³-hybridized carbons (Fsp3) is 0.148. The molecular weight excluding hydrogens is 1080 g/mol. The number of halogens is 2. The summed E-state index contributed by atoms with van der Waals surface area (Å²) in [5, 5.41) is 53.2. The summed E-state index contributed by atoms with van der Waals surface area (Å²) in [6.07, 6.45) is 0. The van der Waals surface area contributed by atoms with Crippen LogP contribution >= 0.6 is 55.9 Å². The summed E-state index contributed by atoms with van der Waals surface area (Å²) in [5.74, 6) is -2.53. The minimum Gasteiger partial charge on any atom is -0.505 e. The number of phenols is 1. The monoisotopic (exact) mass is 1100 g/mol. The molecule has 4 aromatic rings. The SMILES string of the molecule is Nc1c(N=Nc2ccc(S(=O)(=O)CCOS(=O)(=O)O)cc2SOOO)cc2c(O)c(N=Nc3cc(NC(=O)C(Br)CBr)ccc3S(=O)(=O)O)c(SOOO)cc2c1S(=O)(=O)O. The van der Waals surface area contributed by atoms with Gasteiger partial charge in [-0.2, -0.15) is 25.3 Å². The highest BCUT2D eigenvalue weighted by atomic mass is 79.9. The molecule has 0 saturated carbocycles. The molecule has 0 heterocycles. The van der Waals surface area contributed by atoms with Crippen LogP contribution in [-0.4, -0.2) is 91.4 Å². The van der Waals surface area contributed by atoms with Crippen molar-refractivity contribution >= 4 is 147 Å². The lowest BCUT2D eigenvalue weighted by Crippen LogP contribution is -2.23. The van der Waals surface area contributed by atoms with E-state index in [1.165, 1.54) is 0 Å². The Morgan fingerprint density at radius 3 is 2.00 bits per heavy atom. The molecule has 34 heteroatoms. The van der Waals surface area contributed by atoms with E-state index in [4.69, 9.17) is 20.8 Å². The van der Waals surface area contributed by atoms with Gasteiger partial charge in [0.05, 0.1) is 56.8 Å². The zero-order valence-corrected chi connectivity index (χ0v) is 37.4. The first-order valence-corrected chi connectivity index (χ1v) is 24.7. The molecule has 4 aromatic carbocycles. The number of alkyl halides is 2. The van der Waals surface area contributed by atoms with Crippen LogP contribution in [0.5, 0.6) is 5.75 Å². The van der Waals surface area contributed by atoms with Crippen LogP contribution in [0.2, 0.25) is 0 Å². The van der Waals surface area contributed by atoms with E-state index in [-0.39, 0.29) is 45.7 Å². The highest BCUT2D eigenvalue weighted by molar-refractivity contribution is 9.12. The maximum atomic E-state index is 12.8. The molecule has 0 bridgehead atoms. The molecule has 4 rings (SSSR count). The standard InChI is InChI=1S/C27H24Br2N6O20S6/c28-11-16(29)27(37)31-12-1-4-22(59(42,43)44)18(7-12)33-35-24-21(57-55-53-39)10-15-14(25(24)36)9-19(23(30)26(15)60(45,46)47)34-32-17-3-2-13(8-20(17)56-54-52-38)58(40,41)6-5-51-61(48,49)50/h1-4,7-10,16,36,38-39H,5-6,11,30H2,(H,31,37)(H,42,43,44)(H,45,46,47)(H,48,49,50). The van der Waals surface area contributed by atoms with Gasteiger partial charge in [0, 0.05) is 21.8 Å². The van der Waals surface area contributed by atoms with Gasteiger partial charge in [0.25, 0.3) is 20.2 Å². The van der Waals surface area contributed by atoms with Crippen LogP contribution < -0.4 is 11.1 Å². The van der Waals surface area contributed by atoms with Crippen molar-refractivity contribution in [3.8, 4) is 5.75 Å². The number of fused-ring (bicyclic) bond motifs is 1. The summed E-state index contributed by atoms with van der Waals surface area (Å²) in [6, 6.07) is 7.64. The number of aromatic hydroxyl groups is 1. The Morgan fingerprint density at radius 1 is 0.787 bits per heavy atom. The van der Waals surface area contributed by atoms with E-state index in [1.54, 1.807) is 0 Å². The number of carbonyl (C=O) groups excluding carboxylic acids is 1. The summed E-state index contributed by atoms with van der Waals surface area (Å²) >= 11 is 6.49. The Labute approximate surface area is 368 Å². The van der Waals surface area contributed by atoms with E-state index < -0.39 is 122 Å². The number of phenolic OH excluding ortho intramolecular Hbond substituents is 1. The van der Waals surface area contributed by atoms with Gasteiger partial charge in [-0.25, -0.2) is 23.1 Å². The number of sulfone groups is 1. The number of nitrogens with one attached hydrogen (secondary N) is 1. The van der Waals surface area contributed by atoms with Crippen LogP contribution in [0, 0.1) is 0 Å². The van der Waals surface area contributed by atoms with Gasteiger partial charge < -0.3 is 16.2 Å². The molecule has 9 N–H and O–H groups in total.